The molecule has 2 aromatic rings. The number of likely N-dealkylation sites (N-methyl/N-ethyl adjacent to an activating group) is 2. The van der Waals surface area contributed by atoms with Gasteiger partial charge < -0.3 is 25.1 Å². The van der Waals surface area contributed by atoms with Gasteiger partial charge in [0.25, 0.3) is 0 Å². The molecule has 8 heteroatoms. The van der Waals surface area contributed by atoms with Gasteiger partial charge in [-0.2, -0.15) is 5.10 Å². The predicted octanol–water partition coefficient (Wildman–Crippen LogP) is 5.34. The second-order valence-electron chi connectivity index (χ2n) is 7.88. The summed E-state index contributed by atoms with van der Waals surface area (Å²) in [7, 11) is 0. The molecule has 6 nitrogen and oxygen atoms in total. The van der Waals surface area contributed by atoms with Crippen molar-refractivity contribution in [3.8, 4) is 22.6 Å². The highest BCUT2D eigenvalue weighted by atomic mass is 79.9. The first kappa shape index (κ1) is 26.0. The highest BCUT2D eigenvalue weighted by molar-refractivity contribution is 9.11. The number of nitrogens with zero attached hydrogens (tertiary/aromatic N) is 3. The minimum Gasteiger partial charge on any atom is -0.491 e. The Hall–Kier alpha value is -1.61. The van der Waals surface area contributed by atoms with Crippen LogP contribution in [0.2, 0.25) is 0 Å². The quantitative estimate of drug-likeness (QED) is 0.231. The monoisotopic (exact) mass is 580 g/mol. The zero-order valence-corrected chi connectivity index (χ0v) is 23.1. The Bertz CT molecular complexity index is 913. The molecule has 180 valence electrons. The van der Waals surface area contributed by atoms with Crippen LogP contribution in [0.25, 0.3) is 11.1 Å². The van der Waals surface area contributed by atoms with Gasteiger partial charge >= 0.3 is 0 Å². The molecule has 0 aromatic heterocycles. The first-order valence-corrected chi connectivity index (χ1v) is 13.2. The van der Waals surface area contributed by atoms with E-state index in [9.17, 15) is 0 Å². The highest BCUT2D eigenvalue weighted by Crippen LogP contribution is 2.45. The third-order valence-corrected chi connectivity index (χ3v) is 7.43. The van der Waals surface area contributed by atoms with Crippen molar-refractivity contribution in [3.63, 3.8) is 0 Å². The number of ether oxygens (including phenoxy) is 2. The molecule has 0 spiro atoms. The predicted molar refractivity (Wildman–Crippen MR) is 144 cm³/mol. The van der Waals surface area contributed by atoms with Crippen molar-refractivity contribution in [2.24, 2.45) is 10.9 Å². The van der Waals surface area contributed by atoms with Crippen molar-refractivity contribution < 1.29 is 9.47 Å². The molecule has 33 heavy (non-hydrogen) atoms. The lowest BCUT2D eigenvalue weighted by atomic mass is 10.1. The summed E-state index contributed by atoms with van der Waals surface area (Å²) in [5.41, 5.74) is 4.85. The van der Waals surface area contributed by atoms with Crippen molar-refractivity contribution in [3.05, 3.63) is 44.3 Å². The summed E-state index contributed by atoms with van der Waals surface area (Å²) in [6.45, 7) is 15.7. The molecule has 0 heterocycles. The number of rotatable bonds is 12. The highest BCUT2D eigenvalue weighted by Gasteiger charge is 2.28. The van der Waals surface area contributed by atoms with Crippen LogP contribution in [0.4, 0.5) is 0 Å². The fraction of sp³-hybridized carbons (Fsp3) is 0.480. The Labute approximate surface area is 214 Å². The smallest absolute Gasteiger partial charge is 0.134 e. The van der Waals surface area contributed by atoms with Gasteiger partial charge in [0.1, 0.15) is 24.7 Å². The van der Waals surface area contributed by atoms with E-state index < -0.39 is 0 Å². The number of nitrogens with two attached hydrogens (primary N) is 1. The topological polar surface area (TPSA) is 63.3 Å². The maximum absolute atomic E-state index is 6.11. The third kappa shape index (κ3) is 5.91. The molecular formula is C25H34Br2N4O2. The number of benzene rings is 2. The molecule has 2 aromatic carbocycles. The minimum atomic E-state index is 0.622. The lowest BCUT2D eigenvalue weighted by Crippen LogP contribution is -2.28. The van der Waals surface area contributed by atoms with Crippen molar-refractivity contribution in [1.82, 2.24) is 9.80 Å². The van der Waals surface area contributed by atoms with Gasteiger partial charge in [0.2, 0.25) is 0 Å². The van der Waals surface area contributed by atoms with E-state index in [1.54, 1.807) is 0 Å². The van der Waals surface area contributed by atoms with Crippen LogP contribution in [0.15, 0.2) is 38.3 Å². The molecular weight excluding hydrogens is 548 g/mol. The molecule has 0 amide bonds. The van der Waals surface area contributed by atoms with Gasteiger partial charge in [-0.15, -0.1) is 0 Å². The Morgan fingerprint density at radius 2 is 1.09 bits per heavy atom. The lowest BCUT2D eigenvalue weighted by Gasteiger charge is -2.19. The number of hydrogen-bond acceptors (Lipinski definition) is 6. The summed E-state index contributed by atoms with van der Waals surface area (Å²) >= 11 is 7.38. The molecule has 1 aliphatic rings. The van der Waals surface area contributed by atoms with E-state index in [-0.39, 0.29) is 0 Å². The minimum absolute atomic E-state index is 0.622. The van der Waals surface area contributed by atoms with Crippen LogP contribution >= 0.6 is 31.9 Å². The van der Waals surface area contributed by atoms with Gasteiger partial charge in [0.15, 0.2) is 0 Å². The van der Waals surface area contributed by atoms with Gasteiger partial charge in [-0.05, 0) is 93.4 Å². The second-order valence-corrected chi connectivity index (χ2v) is 9.59. The van der Waals surface area contributed by atoms with Crippen LogP contribution in [0, 0.1) is 0 Å². The van der Waals surface area contributed by atoms with E-state index in [2.05, 4.69) is 86.6 Å². The summed E-state index contributed by atoms with van der Waals surface area (Å²) in [4.78, 5) is 4.67. The van der Waals surface area contributed by atoms with Crippen molar-refractivity contribution in [2.75, 3.05) is 52.5 Å². The summed E-state index contributed by atoms with van der Waals surface area (Å²) in [5.74, 6) is 7.45. The van der Waals surface area contributed by atoms with Gasteiger partial charge in [0, 0.05) is 24.2 Å². The van der Waals surface area contributed by atoms with E-state index in [0.717, 1.165) is 87.7 Å². The Morgan fingerprint density at radius 3 is 1.42 bits per heavy atom. The molecule has 2 N–H and O–H groups in total. The van der Waals surface area contributed by atoms with Crippen LogP contribution in [0.3, 0.4) is 0 Å². The molecule has 0 fully saturated rings. The third-order valence-electron chi connectivity index (χ3n) is 6.19. The fourth-order valence-electron chi connectivity index (χ4n) is 4.10. The molecule has 0 aliphatic heterocycles. The number of hydrazone groups is 1. The largest absolute Gasteiger partial charge is 0.491 e. The van der Waals surface area contributed by atoms with Gasteiger partial charge in [-0.3, -0.25) is 0 Å². The number of fused-ring (bicyclic) bond motifs is 3. The van der Waals surface area contributed by atoms with Crippen molar-refractivity contribution in [1.29, 1.82) is 0 Å². The Kier molecular flexibility index (Phi) is 9.61. The maximum Gasteiger partial charge on any atom is 0.134 e. The Morgan fingerprint density at radius 1 is 0.697 bits per heavy atom. The average Bonchev–Trinajstić information content (AvgIpc) is 3.10. The van der Waals surface area contributed by atoms with Crippen LogP contribution in [0.1, 0.15) is 38.8 Å². The zero-order chi connectivity index (χ0) is 24.0. The van der Waals surface area contributed by atoms with Crippen LogP contribution in [-0.4, -0.2) is 68.0 Å². The van der Waals surface area contributed by atoms with Gasteiger partial charge in [0.05, 0.1) is 14.7 Å². The van der Waals surface area contributed by atoms with E-state index >= 15 is 0 Å². The fourth-order valence-corrected chi connectivity index (χ4v) is 5.01. The van der Waals surface area contributed by atoms with Gasteiger partial charge in [-0.25, -0.2) is 0 Å². The first-order valence-electron chi connectivity index (χ1n) is 11.6. The van der Waals surface area contributed by atoms with E-state index in [1.807, 2.05) is 12.1 Å². The maximum atomic E-state index is 6.11. The molecule has 0 saturated heterocycles. The molecule has 0 bridgehead atoms. The number of halogens is 2. The van der Waals surface area contributed by atoms with Crippen LogP contribution in [-0.2, 0) is 0 Å². The number of hydrogen-bond donors (Lipinski definition) is 1. The molecule has 0 unspecified atom stereocenters. The first-order chi connectivity index (χ1) is 16.0. The molecule has 3 rings (SSSR count). The summed E-state index contributed by atoms with van der Waals surface area (Å²) in [6.07, 6.45) is 0. The summed E-state index contributed by atoms with van der Waals surface area (Å²) in [5, 5.41) is 4.14. The van der Waals surface area contributed by atoms with Gasteiger partial charge in [-0.1, -0.05) is 27.7 Å². The van der Waals surface area contributed by atoms with E-state index in [4.69, 9.17) is 15.3 Å². The average molecular weight is 582 g/mol. The van der Waals surface area contributed by atoms with Crippen LogP contribution < -0.4 is 15.3 Å². The molecule has 0 saturated carbocycles. The van der Waals surface area contributed by atoms with E-state index in [0.29, 0.717) is 13.2 Å². The van der Waals surface area contributed by atoms with Crippen LogP contribution in [0.5, 0.6) is 11.5 Å². The van der Waals surface area contributed by atoms with Crippen molar-refractivity contribution in [2.45, 2.75) is 27.7 Å². The van der Waals surface area contributed by atoms with E-state index in [1.165, 1.54) is 0 Å². The Balaban J connectivity index is 1.83. The molecule has 1 aliphatic carbocycles. The lowest BCUT2D eigenvalue weighted by molar-refractivity contribution is 0.222. The second kappa shape index (κ2) is 12.2. The summed E-state index contributed by atoms with van der Waals surface area (Å²) in [6, 6.07) is 8.24. The SMILES string of the molecule is CCN(CC)CCOc1cc2c(cc1Br)-c1cc(Br)c(OCCN(CC)CC)cc1C2=NN. The molecule has 0 radical (unpaired) electrons. The normalized spacial score (nSPS) is 12.3. The summed E-state index contributed by atoms with van der Waals surface area (Å²) < 4.78 is 14.1. The molecule has 0 atom stereocenters. The standard InChI is InChI=1S/C25H34Br2N4O2/c1-5-30(6-2)9-11-32-23-15-19-17(13-21(23)26)18-14-22(27)24(16-20(18)25(19)29-28)33-12-10-31(7-3)8-4/h13-16H,5-12,28H2,1-4H3. The van der Waals surface area contributed by atoms with Crippen molar-refractivity contribution >= 4 is 37.6 Å². The zero-order valence-electron chi connectivity index (χ0n) is 20.0.